The number of nitrogens with two attached hydrogens (primary N) is 1. The van der Waals surface area contributed by atoms with Crippen molar-refractivity contribution in [2.24, 2.45) is 5.73 Å². The van der Waals surface area contributed by atoms with Gasteiger partial charge in [0.05, 0.1) is 11.6 Å². The van der Waals surface area contributed by atoms with Gasteiger partial charge in [-0.15, -0.1) is 0 Å². The molecule has 0 spiro atoms. The molecule has 0 saturated carbocycles. The van der Waals surface area contributed by atoms with Crippen LogP contribution in [0.4, 0.5) is 0 Å². The lowest BCUT2D eigenvalue weighted by Gasteiger charge is -2.19. The lowest BCUT2D eigenvalue weighted by Crippen LogP contribution is -2.27. The summed E-state index contributed by atoms with van der Waals surface area (Å²) in [5.41, 5.74) is 8.61. The molecule has 0 aliphatic heterocycles. The maximum absolute atomic E-state index is 10.3. The lowest BCUT2D eigenvalue weighted by atomic mass is 9.97. The third kappa shape index (κ3) is 2.30. The van der Waals surface area contributed by atoms with Crippen LogP contribution >= 0.6 is 0 Å². The quantitative estimate of drug-likeness (QED) is 0.850. The molecule has 2 aromatic rings. The highest BCUT2D eigenvalue weighted by Gasteiger charge is 2.18. The van der Waals surface area contributed by atoms with Crippen molar-refractivity contribution in [1.29, 1.82) is 0 Å². The zero-order chi connectivity index (χ0) is 12.4. The Morgan fingerprint density at radius 3 is 2.76 bits per heavy atom. The van der Waals surface area contributed by atoms with Crippen LogP contribution in [0.15, 0.2) is 30.3 Å². The van der Waals surface area contributed by atoms with E-state index in [1.807, 2.05) is 44.2 Å². The summed E-state index contributed by atoms with van der Waals surface area (Å²) in [5, 5.41) is 11.2. The van der Waals surface area contributed by atoms with Crippen molar-refractivity contribution in [2.45, 2.75) is 32.4 Å². The summed E-state index contributed by atoms with van der Waals surface area (Å²) in [7, 11) is 0. The number of aliphatic hydroxyl groups is 1. The fourth-order valence-corrected chi connectivity index (χ4v) is 2.04. The first-order valence-corrected chi connectivity index (χ1v) is 5.93. The van der Waals surface area contributed by atoms with Gasteiger partial charge in [0.2, 0.25) is 0 Å². The Morgan fingerprint density at radius 1 is 1.35 bits per heavy atom. The molecule has 2 rings (SSSR count). The van der Waals surface area contributed by atoms with Crippen molar-refractivity contribution in [3.63, 3.8) is 0 Å². The molecule has 0 amide bonds. The van der Waals surface area contributed by atoms with Crippen LogP contribution in [0, 0.1) is 6.92 Å². The minimum atomic E-state index is -0.633. The van der Waals surface area contributed by atoms with Gasteiger partial charge in [-0.25, -0.2) is 0 Å². The lowest BCUT2D eigenvalue weighted by molar-refractivity contribution is 0.146. The molecule has 17 heavy (non-hydrogen) atoms. The van der Waals surface area contributed by atoms with Crippen LogP contribution in [-0.4, -0.2) is 16.1 Å². The van der Waals surface area contributed by atoms with Crippen LogP contribution < -0.4 is 5.73 Å². The first kappa shape index (κ1) is 12.0. The molecule has 2 unspecified atom stereocenters. The second-order valence-electron chi connectivity index (χ2n) is 4.39. The molecule has 1 aromatic carbocycles. The molecule has 3 nitrogen and oxygen atoms in total. The number of aryl methyl sites for hydroxylation is 1. The van der Waals surface area contributed by atoms with Gasteiger partial charge in [0.15, 0.2) is 0 Å². The number of nitrogens with zero attached hydrogens (tertiary/aromatic N) is 1. The topological polar surface area (TPSA) is 59.1 Å². The summed E-state index contributed by atoms with van der Waals surface area (Å²) in [5.74, 6) is 0. The van der Waals surface area contributed by atoms with Gasteiger partial charge in [0, 0.05) is 17.1 Å². The largest absolute Gasteiger partial charge is 0.387 e. The monoisotopic (exact) mass is 230 g/mol. The van der Waals surface area contributed by atoms with Crippen molar-refractivity contribution in [1.82, 2.24) is 4.98 Å². The maximum Gasteiger partial charge on any atom is 0.0947 e. The second kappa shape index (κ2) is 4.82. The van der Waals surface area contributed by atoms with Crippen molar-refractivity contribution < 1.29 is 5.11 Å². The van der Waals surface area contributed by atoms with E-state index >= 15 is 0 Å². The SMILES string of the molecule is CCC(N)C(O)c1cc(C)nc2ccccc12. The first-order valence-electron chi connectivity index (χ1n) is 5.93. The highest BCUT2D eigenvalue weighted by Crippen LogP contribution is 2.26. The molecular formula is C14H18N2O. The van der Waals surface area contributed by atoms with E-state index < -0.39 is 6.10 Å². The number of aromatic nitrogens is 1. The predicted molar refractivity (Wildman–Crippen MR) is 69.7 cm³/mol. The van der Waals surface area contributed by atoms with E-state index in [4.69, 9.17) is 5.73 Å². The number of rotatable bonds is 3. The van der Waals surface area contributed by atoms with Crippen LogP contribution in [0.5, 0.6) is 0 Å². The number of hydrogen-bond donors (Lipinski definition) is 2. The van der Waals surface area contributed by atoms with Gasteiger partial charge in [-0.3, -0.25) is 4.98 Å². The van der Waals surface area contributed by atoms with Gasteiger partial charge in [-0.2, -0.15) is 0 Å². The van der Waals surface area contributed by atoms with Gasteiger partial charge in [0.25, 0.3) is 0 Å². The van der Waals surface area contributed by atoms with E-state index in [9.17, 15) is 5.11 Å². The van der Waals surface area contributed by atoms with Crippen molar-refractivity contribution >= 4 is 10.9 Å². The van der Waals surface area contributed by atoms with E-state index in [0.29, 0.717) is 0 Å². The Hall–Kier alpha value is -1.45. The van der Waals surface area contributed by atoms with E-state index in [0.717, 1.165) is 28.6 Å². The molecule has 0 fully saturated rings. The summed E-state index contributed by atoms with van der Waals surface area (Å²) >= 11 is 0. The molecule has 0 bridgehead atoms. The number of fused-ring (bicyclic) bond motifs is 1. The number of aliphatic hydroxyl groups excluding tert-OH is 1. The van der Waals surface area contributed by atoms with Gasteiger partial charge in [-0.1, -0.05) is 25.1 Å². The average molecular weight is 230 g/mol. The molecule has 0 saturated heterocycles. The molecule has 2 atom stereocenters. The standard InChI is InChI=1S/C14H18N2O/c1-3-12(15)14(17)11-8-9(2)16-13-7-5-4-6-10(11)13/h4-8,12,14,17H,3,15H2,1-2H3. The van der Waals surface area contributed by atoms with Crippen LogP contribution in [0.1, 0.15) is 30.7 Å². The van der Waals surface area contributed by atoms with Crippen molar-refractivity contribution in [3.05, 3.63) is 41.6 Å². The third-order valence-corrected chi connectivity index (χ3v) is 3.07. The summed E-state index contributed by atoms with van der Waals surface area (Å²) in [6.07, 6.45) is 0.114. The maximum atomic E-state index is 10.3. The van der Waals surface area contributed by atoms with E-state index in [2.05, 4.69) is 4.98 Å². The van der Waals surface area contributed by atoms with Crippen molar-refractivity contribution in [2.75, 3.05) is 0 Å². The number of benzene rings is 1. The Morgan fingerprint density at radius 2 is 2.06 bits per heavy atom. The zero-order valence-electron chi connectivity index (χ0n) is 10.2. The van der Waals surface area contributed by atoms with Crippen LogP contribution in [0.3, 0.4) is 0 Å². The normalized spacial score (nSPS) is 14.8. The molecule has 3 heteroatoms. The molecule has 0 radical (unpaired) electrons. The summed E-state index contributed by atoms with van der Waals surface area (Å²) in [6, 6.07) is 9.51. The molecule has 90 valence electrons. The average Bonchev–Trinajstić information content (AvgIpc) is 2.35. The molecule has 0 aliphatic carbocycles. The number of pyridine rings is 1. The molecule has 1 aromatic heterocycles. The van der Waals surface area contributed by atoms with Crippen LogP contribution in [-0.2, 0) is 0 Å². The fraction of sp³-hybridized carbons (Fsp3) is 0.357. The molecule has 1 heterocycles. The first-order chi connectivity index (χ1) is 8.13. The van der Waals surface area contributed by atoms with E-state index in [1.165, 1.54) is 0 Å². The smallest absolute Gasteiger partial charge is 0.0947 e. The van der Waals surface area contributed by atoms with Gasteiger partial charge < -0.3 is 10.8 Å². The Kier molecular flexibility index (Phi) is 3.41. The predicted octanol–water partition coefficient (Wildman–Crippen LogP) is 2.31. The number of para-hydroxylation sites is 1. The fourth-order valence-electron chi connectivity index (χ4n) is 2.04. The minimum absolute atomic E-state index is 0.236. The summed E-state index contributed by atoms with van der Waals surface area (Å²) < 4.78 is 0. The Bertz CT molecular complexity index is 525. The summed E-state index contributed by atoms with van der Waals surface area (Å²) in [4.78, 5) is 4.45. The van der Waals surface area contributed by atoms with Crippen LogP contribution in [0.25, 0.3) is 10.9 Å². The molecule has 3 N–H and O–H groups in total. The van der Waals surface area contributed by atoms with E-state index in [-0.39, 0.29) is 6.04 Å². The highest BCUT2D eigenvalue weighted by molar-refractivity contribution is 5.82. The highest BCUT2D eigenvalue weighted by atomic mass is 16.3. The third-order valence-electron chi connectivity index (χ3n) is 3.07. The molecule has 0 aliphatic rings. The van der Waals surface area contributed by atoms with Gasteiger partial charge >= 0.3 is 0 Å². The van der Waals surface area contributed by atoms with Gasteiger partial charge in [-0.05, 0) is 31.0 Å². The minimum Gasteiger partial charge on any atom is -0.387 e. The number of hydrogen-bond acceptors (Lipinski definition) is 3. The van der Waals surface area contributed by atoms with Gasteiger partial charge in [0.1, 0.15) is 0 Å². The second-order valence-corrected chi connectivity index (χ2v) is 4.39. The Labute approximate surface area is 101 Å². The Balaban J connectivity index is 2.59. The summed E-state index contributed by atoms with van der Waals surface area (Å²) in [6.45, 7) is 3.91. The van der Waals surface area contributed by atoms with E-state index in [1.54, 1.807) is 0 Å². The zero-order valence-corrected chi connectivity index (χ0v) is 10.2. The van der Waals surface area contributed by atoms with Crippen molar-refractivity contribution in [3.8, 4) is 0 Å². The van der Waals surface area contributed by atoms with Crippen LogP contribution in [0.2, 0.25) is 0 Å². The molecular weight excluding hydrogens is 212 g/mol.